The van der Waals surface area contributed by atoms with Crippen LogP contribution < -0.4 is 10.6 Å². The highest BCUT2D eigenvalue weighted by molar-refractivity contribution is 5.90. The van der Waals surface area contributed by atoms with Gasteiger partial charge in [-0.05, 0) is 50.8 Å². The Morgan fingerprint density at radius 3 is 2.70 bits per heavy atom. The number of nitrogens with zero attached hydrogens (tertiary/aromatic N) is 2. The van der Waals surface area contributed by atoms with Crippen LogP contribution in [0.5, 0.6) is 0 Å². The summed E-state index contributed by atoms with van der Waals surface area (Å²) < 4.78 is 4.74. The fourth-order valence-corrected chi connectivity index (χ4v) is 2.74. The van der Waals surface area contributed by atoms with Crippen LogP contribution in [-0.4, -0.2) is 37.7 Å². The quantitative estimate of drug-likeness (QED) is 0.849. The number of carbonyl (C=O) groups is 1. The van der Waals surface area contributed by atoms with E-state index in [2.05, 4.69) is 9.88 Å². The van der Waals surface area contributed by atoms with Gasteiger partial charge >= 0.3 is 5.97 Å². The summed E-state index contributed by atoms with van der Waals surface area (Å²) in [6.45, 7) is 4.64. The minimum absolute atomic E-state index is 0.330. The molecule has 1 aromatic rings. The van der Waals surface area contributed by atoms with Crippen LogP contribution in [0.1, 0.15) is 35.3 Å². The number of hydrogen-bond acceptors (Lipinski definition) is 5. The number of pyridine rings is 1. The topological polar surface area (TPSA) is 68.5 Å². The Morgan fingerprint density at radius 1 is 1.45 bits per heavy atom. The fraction of sp³-hybridized carbons (Fsp3) is 0.600. The molecule has 1 aromatic heterocycles. The van der Waals surface area contributed by atoms with E-state index in [9.17, 15) is 4.79 Å². The van der Waals surface area contributed by atoms with E-state index in [-0.39, 0.29) is 5.97 Å². The number of rotatable bonds is 4. The molecule has 110 valence electrons. The molecule has 0 spiro atoms. The Labute approximate surface area is 120 Å². The molecule has 1 fully saturated rings. The van der Waals surface area contributed by atoms with Gasteiger partial charge in [0.2, 0.25) is 0 Å². The number of aryl methyl sites for hydroxylation is 1. The zero-order valence-corrected chi connectivity index (χ0v) is 12.3. The van der Waals surface area contributed by atoms with E-state index in [0.29, 0.717) is 5.56 Å². The third-order valence-corrected chi connectivity index (χ3v) is 3.99. The number of esters is 1. The molecule has 5 nitrogen and oxygen atoms in total. The maximum Gasteiger partial charge on any atom is 0.339 e. The summed E-state index contributed by atoms with van der Waals surface area (Å²) >= 11 is 0. The van der Waals surface area contributed by atoms with E-state index in [4.69, 9.17) is 10.5 Å². The first-order chi connectivity index (χ1) is 9.65. The second-order valence-corrected chi connectivity index (χ2v) is 5.30. The van der Waals surface area contributed by atoms with Gasteiger partial charge in [-0.1, -0.05) is 0 Å². The second kappa shape index (κ2) is 6.70. The highest BCUT2D eigenvalue weighted by Gasteiger charge is 2.20. The summed E-state index contributed by atoms with van der Waals surface area (Å²) in [5, 5.41) is 0. The number of carbonyl (C=O) groups excluding carboxylic acids is 1. The van der Waals surface area contributed by atoms with Crippen LogP contribution in [0.2, 0.25) is 0 Å². The van der Waals surface area contributed by atoms with Crippen molar-refractivity contribution < 1.29 is 9.53 Å². The molecule has 0 atom stereocenters. The van der Waals surface area contributed by atoms with Crippen molar-refractivity contribution >= 4 is 11.8 Å². The predicted molar refractivity (Wildman–Crippen MR) is 78.9 cm³/mol. The number of ether oxygens (including phenoxy) is 1. The van der Waals surface area contributed by atoms with E-state index < -0.39 is 0 Å². The van der Waals surface area contributed by atoms with Crippen molar-refractivity contribution in [3.05, 3.63) is 23.4 Å². The standard InChI is InChI=1S/C15H23N3O2/c1-11-13(15(19)20-2)3-4-14(17-11)18-9-6-12(5-8-16)7-10-18/h3-4,12H,5-10,16H2,1-2H3. The van der Waals surface area contributed by atoms with Crippen molar-refractivity contribution in [2.75, 3.05) is 31.6 Å². The van der Waals surface area contributed by atoms with E-state index in [0.717, 1.165) is 56.3 Å². The first-order valence-electron chi connectivity index (χ1n) is 7.16. The average Bonchev–Trinajstić information content (AvgIpc) is 2.47. The number of anilines is 1. The molecule has 2 N–H and O–H groups in total. The predicted octanol–water partition coefficient (Wildman–Crippen LogP) is 1.74. The molecule has 0 amide bonds. The zero-order chi connectivity index (χ0) is 14.5. The molecule has 2 heterocycles. The molecule has 5 heteroatoms. The first kappa shape index (κ1) is 14.8. The molecule has 1 aliphatic rings. The average molecular weight is 277 g/mol. The van der Waals surface area contributed by atoms with Crippen LogP contribution in [0, 0.1) is 12.8 Å². The molecule has 1 aliphatic heterocycles. The van der Waals surface area contributed by atoms with Gasteiger partial charge in [0.25, 0.3) is 0 Å². The lowest BCUT2D eigenvalue weighted by molar-refractivity contribution is 0.0599. The minimum Gasteiger partial charge on any atom is -0.465 e. The normalized spacial score (nSPS) is 16.2. The minimum atomic E-state index is -0.330. The fourth-order valence-electron chi connectivity index (χ4n) is 2.74. The SMILES string of the molecule is COC(=O)c1ccc(N2CCC(CCN)CC2)nc1C. The monoisotopic (exact) mass is 277 g/mol. The lowest BCUT2D eigenvalue weighted by Crippen LogP contribution is -2.35. The smallest absolute Gasteiger partial charge is 0.339 e. The molecule has 1 saturated heterocycles. The van der Waals surface area contributed by atoms with Crippen molar-refractivity contribution in [3.8, 4) is 0 Å². The van der Waals surface area contributed by atoms with E-state index in [1.807, 2.05) is 13.0 Å². The van der Waals surface area contributed by atoms with Crippen molar-refractivity contribution in [2.24, 2.45) is 11.7 Å². The van der Waals surface area contributed by atoms with Gasteiger partial charge < -0.3 is 15.4 Å². The van der Waals surface area contributed by atoms with Crippen LogP contribution in [0.15, 0.2) is 12.1 Å². The summed E-state index contributed by atoms with van der Waals surface area (Å²) in [5.41, 5.74) is 6.87. The lowest BCUT2D eigenvalue weighted by Gasteiger charge is -2.32. The summed E-state index contributed by atoms with van der Waals surface area (Å²) in [7, 11) is 1.39. The van der Waals surface area contributed by atoms with Gasteiger partial charge in [-0.25, -0.2) is 9.78 Å². The Morgan fingerprint density at radius 2 is 2.15 bits per heavy atom. The van der Waals surface area contributed by atoms with Crippen molar-refractivity contribution in [1.82, 2.24) is 4.98 Å². The molecule has 0 saturated carbocycles. The van der Waals surface area contributed by atoms with Crippen LogP contribution in [-0.2, 0) is 4.74 Å². The Hall–Kier alpha value is -1.62. The van der Waals surface area contributed by atoms with Gasteiger partial charge in [0.05, 0.1) is 18.4 Å². The van der Waals surface area contributed by atoms with Crippen LogP contribution in [0.4, 0.5) is 5.82 Å². The second-order valence-electron chi connectivity index (χ2n) is 5.30. The summed E-state index contributed by atoms with van der Waals surface area (Å²) in [6, 6.07) is 3.71. The molecular formula is C15H23N3O2. The van der Waals surface area contributed by atoms with Crippen molar-refractivity contribution in [3.63, 3.8) is 0 Å². The van der Waals surface area contributed by atoms with Gasteiger partial charge in [-0.2, -0.15) is 0 Å². The molecular weight excluding hydrogens is 254 g/mol. The number of aromatic nitrogens is 1. The third-order valence-electron chi connectivity index (χ3n) is 3.99. The summed E-state index contributed by atoms with van der Waals surface area (Å²) in [6.07, 6.45) is 3.44. The molecule has 0 bridgehead atoms. The van der Waals surface area contributed by atoms with Crippen LogP contribution in [0.25, 0.3) is 0 Å². The number of methoxy groups -OCH3 is 1. The first-order valence-corrected chi connectivity index (χ1v) is 7.16. The highest BCUT2D eigenvalue weighted by atomic mass is 16.5. The van der Waals surface area contributed by atoms with Crippen molar-refractivity contribution in [2.45, 2.75) is 26.2 Å². The largest absolute Gasteiger partial charge is 0.465 e. The van der Waals surface area contributed by atoms with Gasteiger partial charge in [0.15, 0.2) is 0 Å². The zero-order valence-electron chi connectivity index (χ0n) is 12.3. The molecule has 2 rings (SSSR count). The molecule has 20 heavy (non-hydrogen) atoms. The van der Waals surface area contributed by atoms with Crippen LogP contribution in [0.3, 0.4) is 0 Å². The molecule has 0 aliphatic carbocycles. The third kappa shape index (κ3) is 3.28. The Kier molecular flexibility index (Phi) is 4.95. The maximum atomic E-state index is 11.5. The van der Waals surface area contributed by atoms with E-state index in [1.165, 1.54) is 7.11 Å². The number of nitrogens with two attached hydrogens (primary N) is 1. The van der Waals surface area contributed by atoms with E-state index >= 15 is 0 Å². The Bertz CT molecular complexity index is 468. The summed E-state index contributed by atoms with van der Waals surface area (Å²) in [4.78, 5) is 18.4. The van der Waals surface area contributed by atoms with Crippen molar-refractivity contribution in [1.29, 1.82) is 0 Å². The molecule has 0 aromatic carbocycles. The van der Waals surface area contributed by atoms with Gasteiger partial charge in [0, 0.05) is 13.1 Å². The van der Waals surface area contributed by atoms with Crippen LogP contribution >= 0.6 is 0 Å². The van der Waals surface area contributed by atoms with Gasteiger partial charge in [-0.15, -0.1) is 0 Å². The number of piperidine rings is 1. The highest BCUT2D eigenvalue weighted by Crippen LogP contribution is 2.24. The molecule has 0 radical (unpaired) electrons. The molecule has 0 unspecified atom stereocenters. The Balaban J connectivity index is 2.04. The van der Waals surface area contributed by atoms with Gasteiger partial charge in [-0.3, -0.25) is 0 Å². The van der Waals surface area contributed by atoms with E-state index in [1.54, 1.807) is 6.07 Å². The maximum absolute atomic E-state index is 11.5. The van der Waals surface area contributed by atoms with Gasteiger partial charge in [0.1, 0.15) is 5.82 Å². The summed E-state index contributed by atoms with van der Waals surface area (Å²) in [5.74, 6) is 1.36. The number of hydrogen-bond donors (Lipinski definition) is 1. The lowest BCUT2D eigenvalue weighted by atomic mass is 9.93.